The lowest BCUT2D eigenvalue weighted by molar-refractivity contribution is 0.241. The van der Waals surface area contributed by atoms with Crippen LogP contribution in [0, 0.1) is 5.82 Å². The first-order valence-corrected chi connectivity index (χ1v) is 10.9. The van der Waals surface area contributed by atoms with E-state index in [2.05, 4.69) is 31.5 Å². The number of nitrogens with one attached hydrogen (secondary N) is 2. The molecule has 2 N–H and O–H groups in total. The van der Waals surface area contributed by atoms with Gasteiger partial charge in [0.25, 0.3) is 0 Å². The number of ether oxygens (including phenoxy) is 2. The van der Waals surface area contributed by atoms with E-state index in [1.807, 2.05) is 19.1 Å². The van der Waals surface area contributed by atoms with Gasteiger partial charge in [0, 0.05) is 51.4 Å². The first kappa shape index (κ1) is 22.0. The third-order valence-corrected chi connectivity index (χ3v) is 5.43. The van der Waals surface area contributed by atoms with Gasteiger partial charge in [-0.25, -0.2) is 4.39 Å². The maximum atomic E-state index is 13.9. The minimum Gasteiger partial charge on any atom is -0.490 e. The van der Waals surface area contributed by atoms with E-state index in [0.29, 0.717) is 23.7 Å². The zero-order valence-electron chi connectivity index (χ0n) is 16.8. The normalized spacial score (nSPS) is 14.7. The SMILES string of the molecule is CCOc1cc(CNCCN2CCNCC2)cc(Br)c1OCc1ccccc1F. The lowest BCUT2D eigenvalue weighted by Gasteiger charge is -2.27. The summed E-state index contributed by atoms with van der Waals surface area (Å²) in [7, 11) is 0. The standard InChI is InChI=1S/C22H29BrFN3O2/c1-2-28-21-14-17(15-26-9-12-27-10-7-25-8-11-27)13-19(23)22(21)29-16-18-5-3-4-6-20(18)24/h3-6,13-14,25-26H,2,7-12,15-16H2,1H3. The number of piperazine rings is 1. The van der Waals surface area contributed by atoms with E-state index in [9.17, 15) is 4.39 Å². The van der Waals surface area contributed by atoms with Crippen molar-refractivity contribution in [1.82, 2.24) is 15.5 Å². The van der Waals surface area contributed by atoms with Crippen LogP contribution in [0.3, 0.4) is 0 Å². The van der Waals surface area contributed by atoms with Gasteiger partial charge in [-0.3, -0.25) is 4.90 Å². The average molecular weight is 466 g/mol. The number of halogens is 2. The van der Waals surface area contributed by atoms with Crippen molar-refractivity contribution in [1.29, 1.82) is 0 Å². The Labute approximate surface area is 180 Å². The van der Waals surface area contributed by atoms with Gasteiger partial charge in [0.15, 0.2) is 11.5 Å². The molecule has 0 aliphatic carbocycles. The van der Waals surface area contributed by atoms with Gasteiger partial charge in [0.05, 0.1) is 11.1 Å². The van der Waals surface area contributed by atoms with Crippen molar-refractivity contribution < 1.29 is 13.9 Å². The van der Waals surface area contributed by atoms with Crippen molar-refractivity contribution in [2.45, 2.75) is 20.1 Å². The third-order valence-electron chi connectivity index (χ3n) is 4.84. The molecule has 2 aromatic rings. The summed E-state index contributed by atoms with van der Waals surface area (Å²) < 4.78 is 26.4. The predicted octanol–water partition coefficient (Wildman–Crippen LogP) is 3.56. The molecule has 7 heteroatoms. The molecule has 158 valence electrons. The molecular weight excluding hydrogens is 437 g/mol. The minimum absolute atomic E-state index is 0.146. The Hall–Kier alpha value is -1.67. The molecule has 0 aromatic heterocycles. The number of rotatable bonds is 10. The Kier molecular flexibility index (Phi) is 8.73. The second kappa shape index (κ2) is 11.5. The molecule has 0 atom stereocenters. The molecule has 0 unspecified atom stereocenters. The lowest BCUT2D eigenvalue weighted by Crippen LogP contribution is -2.45. The first-order valence-electron chi connectivity index (χ1n) is 10.1. The zero-order valence-corrected chi connectivity index (χ0v) is 18.4. The molecule has 1 fully saturated rings. The maximum absolute atomic E-state index is 13.9. The summed E-state index contributed by atoms with van der Waals surface area (Å²) in [6, 6.07) is 10.6. The quantitative estimate of drug-likeness (QED) is 0.525. The van der Waals surface area contributed by atoms with E-state index in [-0.39, 0.29) is 12.4 Å². The van der Waals surface area contributed by atoms with Crippen LogP contribution in [0.2, 0.25) is 0 Å². The van der Waals surface area contributed by atoms with E-state index in [1.54, 1.807) is 18.2 Å². The van der Waals surface area contributed by atoms with Crippen molar-refractivity contribution in [3.8, 4) is 11.5 Å². The van der Waals surface area contributed by atoms with Crippen LogP contribution < -0.4 is 20.1 Å². The molecule has 5 nitrogen and oxygen atoms in total. The van der Waals surface area contributed by atoms with E-state index in [4.69, 9.17) is 9.47 Å². The minimum atomic E-state index is -0.271. The highest BCUT2D eigenvalue weighted by Gasteiger charge is 2.14. The van der Waals surface area contributed by atoms with Gasteiger partial charge >= 0.3 is 0 Å². The van der Waals surface area contributed by atoms with Crippen LogP contribution in [0.5, 0.6) is 11.5 Å². The van der Waals surface area contributed by atoms with Gasteiger partial charge in [-0.1, -0.05) is 18.2 Å². The summed E-state index contributed by atoms with van der Waals surface area (Å²) in [5, 5.41) is 6.87. The van der Waals surface area contributed by atoms with Crippen molar-refractivity contribution in [3.05, 3.63) is 57.8 Å². The molecule has 1 saturated heterocycles. The van der Waals surface area contributed by atoms with E-state index >= 15 is 0 Å². The fourth-order valence-corrected chi connectivity index (χ4v) is 3.90. The second-order valence-corrected chi connectivity index (χ2v) is 7.84. The Balaban J connectivity index is 1.58. The lowest BCUT2D eigenvalue weighted by atomic mass is 10.2. The van der Waals surface area contributed by atoms with Crippen molar-refractivity contribution in [3.63, 3.8) is 0 Å². The van der Waals surface area contributed by atoms with Gasteiger partial charge in [0.2, 0.25) is 0 Å². The van der Waals surface area contributed by atoms with Crippen LogP contribution in [0.25, 0.3) is 0 Å². The van der Waals surface area contributed by atoms with Gasteiger partial charge in [-0.05, 0) is 46.6 Å². The summed E-state index contributed by atoms with van der Waals surface area (Å²) in [5.74, 6) is 0.990. The van der Waals surface area contributed by atoms with E-state index in [1.165, 1.54) is 6.07 Å². The Morgan fingerprint density at radius 3 is 2.72 bits per heavy atom. The summed E-state index contributed by atoms with van der Waals surface area (Å²) in [6.45, 7) is 9.70. The molecule has 2 aromatic carbocycles. The number of nitrogens with zero attached hydrogens (tertiary/aromatic N) is 1. The summed E-state index contributed by atoms with van der Waals surface area (Å²) in [5.41, 5.74) is 1.62. The Bertz CT molecular complexity index is 785. The Morgan fingerprint density at radius 2 is 1.97 bits per heavy atom. The molecule has 0 bridgehead atoms. The van der Waals surface area contributed by atoms with Crippen LogP contribution >= 0.6 is 15.9 Å². The van der Waals surface area contributed by atoms with Crippen LogP contribution in [-0.4, -0.2) is 50.8 Å². The van der Waals surface area contributed by atoms with Crippen molar-refractivity contribution >= 4 is 15.9 Å². The van der Waals surface area contributed by atoms with E-state index in [0.717, 1.165) is 55.8 Å². The first-order chi connectivity index (χ1) is 14.2. The zero-order chi connectivity index (χ0) is 20.5. The summed E-state index contributed by atoms with van der Waals surface area (Å²) in [6.07, 6.45) is 0. The van der Waals surface area contributed by atoms with Gasteiger partial charge < -0.3 is 20.1 Å². The largest absolute Gasteiger partial charge is 0.490 e. The predicted molar refractivity (Wildman–Crippen MR) is 117 cm³/mol. The molecule has 0 spiro atoms. The topological polar surface area (TPSA) is 45.8 Å². The number of benzene rings is 2. The number of hydrogen-bond donors (Lipinski definition) is 2. The molecule has 0 amide bonds. The highest BCUT2D eigenvalue weighted by atomic mass is 79.9. The molecule has 1 aliphatic heterocycles. The summed E-state index contributed by atoms with van der Waals surface area (Å²) >= 11 is 3.59. The van der Waals surface area contributed by atoms with Crippen molar-refractivity contribution in [2.24, 2.45) is 0 Å². The molecule has 1 aliphatic rings. The van der Waals surface area contributed by atoms with Gasteiger partial charge in [-0.2, -0.15) is 0 Å². The van der Waals surface area contributed by atoms with Crippen molar-refractivity contribution in [2.75, 3.05) is 45.9 Å². The molecule has 3 rings (SSSR count). The van der Waals surface area contributed by atoms with Crippen LogP contribution in [-0.2, 0) is 13.2 Å². The molecular formula is C22H29BrFN3O2. The third kappa shape index (κ3) is 6.67. The van der Waals surface area contributed by atoms with Crippen LogP contribution in [0.15, 0.2) is 40.9 Å². The highest BCUT2D eigenvalue weighted by Crippen LogP contribution is 2.37. The fourth-order valence-electron chi connectivity index (χ4n) is 3.30. The molecule has 0 saturated carbocycles. The molecule has 0 radical (unpaired) electrons. The second-order valence-electron chi connectivity index (χ2n) is 6.99. The molecule has 1 heterocycles. The molecule has 29 heavy (non-hydrogen) atoms. The van der Waals surface area contributed by atoms with Gasteiger partial charge in [0.1, 0.15) is 12.4 Å². The highest BCUT2D eigenvalue weighted by molar-refractivity contribution is 9.10. The smallest absolute Gasteiger partial charge is 0.175 e. The maximum Gasteiger partial charge on any atom is 0.175 e. The van der Waals surface area contributed by atoms with Crippen LogP contribution in [0.4, 0.5) is 4.39 Å². The van der Waals surface area contributed by atoms with E-state index < -0.39 is 0 Å². The number of hydrogen-bond acceptors (Lipinski definition) is 5. The van der Waals surface area contributed by atoms with Crippen LogP contribution in [0.1, 0.15) is 18.1 Å². The fraction of sp³-hybridized carbons (Fsp3) is 0.455. The Morgan fingerprint density at radius 1 is 1.17 bits per heavy atom. The monoisotopic (exact) mass is 465 g/mol. The van der Waals surface area contributed by atoms with Gasteiger partial charge in [-0.15, -0.1) is 0 Å². The summed E-state index contributed by atoms with van der Waals surface area (Å²) in [4.78, 5) is 2.46. The average Bonchev–Trinajstić information content (AvgIpc) is 2.73.